The molecule has 3 rings (SSSR count). The molecule has 1 aromatic carbocycles. The molecule has 10 nitrogen and oxygen atoms in total. The van der Waals surface area contributed by atoms with E-state index in [1.807, 2.05) is 12.1 Å². The standard InChI is InChI=1S/C20H28O10/c1-2-3-11-4-6-12(7-5-11)29-18-16(24)15(23)14(22)13(30-18)8-27-19-17(25)20(26,9-21)10-28-19/h2,4-7,13-19,21-26H,1,3,8-10H2/t13-,14-,15+,16-,17+,18-,19-,20+/m1/s1. The molecule has 8 atom stereocenters. The van der Waals surface area contributed by atoms with Gasteiger partial charge in [-0.3, -0.25) is 0 Å². The molecule has 0 unspecified atom stereocenters. The smallest absolute Gasteiger partial charge is 0.229 e. The normalized spacial score (nSPS) is 39.1. The van der Waals surface area contributed by atoms with E-state index in [0.29, 0.717) is 12.2 Å². The van der Waals surface area contributed by atoms with E-state index < -0.39 is 55.3 Å². The van der Waals surface area contributed by atoms with Gasteiger partial charge in [0, 0.05) is 0 Å². The fraction of sp³-hybridized carbons (Fsp3) is 0.600. The van der Waals surface area contributed by atoms with Crippen LogP contribution in [0.5, 0.6) is 5.75 Å². The maximum atomic E-state index is 10.2. The Morgan fingerprint density at radius 3 is 2.37 bits per heavy atom. The fourth-order valence-corrected chi connectivity index (χ4v) is 3.28. The third kappa shape index (κ3) is 4.83. The molecular weight excluding hydrogens is 400 g/mol. The summed E-state index contributed by atoms with van der Waals surface area (Å²) in [5.74, 6) is 0.387. The van der Waals surface area contributed by atoms with Gasteiger partial charge in [-0.15, -0.1) is 6.58 Å². The van der Waals surface area contributed by atoms with Crippen LogP contribution in [-0.4, -0.2) is 99.2 Å². The Balaban J connectivity index is 1.61. The second-order valence-corrected chi connectivity index (χ2v) is 7.49. The lowest BCUT2D eigenvalue weighted by molar-refractivity contribution is -0.289. The Kier molecular flexibility index (Phi) is 7.45. The van der Waals surface area contributed by atoms with Crippen molar-refractivity contribution in [1.82, 2.24) is 0 Å². The zero-order valence-electron chi connectivity index (χ0n) is 16.3. The minimum absolute atomic E-state index is 0.335. The first kappa shape index (κ1) is 23.1. The van der Waals surface area contributed by atoms with E-state index in [4.69, 9.17) is 24.1 Å². The number of aliphatic hydroxyl groups excluding tert-OH is 5. The summed E-state index contributed by atoms with van der Waals surface area (Å²) in [6.07, 6.45) is -7.31. The summed E-state index contributed by atoms with van der Waals surface area (Å²) in [6.45, 7) is 2.28. The molecule has 0 bridgehead atoms. The van der Waals surface area contributed by atoms with Crippen molar-refractivity contribution in [3.63, 3.8) is 0 Å². The predicted molar refractivity (Wildman–Crippen MR) is 101 cm³/mol. The number of rotatable bonds is 8. The number of aliphatic hydroxyl groups is 6. The molecule has 168 valence electrons. The minimum atomic E-state index is -1.85. The van der Waals surface area contributed by atoms with Crippen molar-refractivity contribution in [3.05, 3.63) is 42.5 Å². The summed E-state index contributed by atoms with van der Waals surface area (Å²) in [4.78, 5) is 0. The van der Waals surface area contributed by atoms with Gasteiger partial charge in [0.15, 0.2) is 6.29 Å². The average Bonchev–Trinajstić information content (AvgIpc) is 3.04. The fourth-order valence-electron chi connectivity index (χ4n) is 3.28. The molecule has 0 radical (unpaired) electrons. The highest BCUT2D eigenvalue weighted by molar-refractivity contribution is 5.28. The molecule has 10 heteroatoms. The highest BCUT2D eigenvalue weighted by atomic mass is 16.7. The Morgan fingerprint density at radius 2 is 1.77 bits per heavy atom. The number of benzene rings is 1. The average molecular weight is 428 g/mol. The lowest BCUT2D eigenvalue weighted by Crippen LogP contribution is -2.60. The molecule has 0 amide bonds. The van der Waals surface area contributed by atoms with Gasteiger partial charge in [-0.05, 0) is 24.1 Å². The van der Waals surface area contributed by atoms with Crippen molar-refractivity contribution in [1.29, 1.82) is 0 Å². The van der Waals surface area contributed by atoms with Crippen LogP contribution in [0.3, 0.4) is 0 Å². The molecule has 0 spiro atoms. The Hall–Kier alpha value is -1.60. The summed E-state index contributed by atoms with van der Waals surface area (Å²) in [5.41, 5.74) is -0.835. The second kappa shape index (κ2) is 9.69. The van der Waals surface area contributed by atoms with Crippen molar-refractivity contribution >= 4 is 0 Å². The number of ether oxygens (including phenoxy) is 4. The van der Waals surface area contributed by atoms with E-state index in [1.54, 1.807) is 18.2 Å². The monoisotopic (exact) mass is 428 g/mol. The summed E-state index contributed by atoms with van der Waals surface area (Å²) in [7, 11) is 0. The third-order valence-electron chi connectivity index (χ3n) is 5.23. The maximum absolute atomic E-state index is 10.2. The molecule has 0 aliphatic carbocycles. The maximum Gasteiger partial charge on any atom is 0.229 e. The SMILES string of the molecule is C=CCc1ccc(O[C@@H]2O[C@H](CO[C@@H]3OC[C@@](O)(CO)[C@H]3O)[C@@H](O)[C@H](O)[C@H]2O)cc1. The van der Waals surface area contributed by atoms with E-state index in [1.165, 1.54) is 0 Å². The minimum Gasteiger partial charge on any atom is -0.462 e. The second-order valence-electron chi connectivity index (χ2n) is 7.49. The topological polar surface area (TPSA) is 158 Å². The van der Waals surface area contributed by atoms with Crippen molar-refractivity contribution in [3.8, 4) is 5.75 Å². The van der Waals surface area contributed by atoms with Gasteiger partial charge < -0.3 is 49.6 Å². The molecule has 6 N–H and O–H groups in total. The van der Waals surface area contributed by atoms with Gasteiger partial charge in [0.1, 0.15) is 41.9 Å². The van der Waals surface area contributed by atoms with Crippen LogP contribution in [0, 0.1) is 0 Å². The van der Waals surface area contributed by atoms with Crippen molar-refractivity contribution < 1.29 is 49.6 Å². The highest BCUT2D eigenvalue weighted by Gasteiger charge is 2.50. The van der Waals surface area contributed by atoms with Crippen LogP contribution >= 0.6 is 0 Å². The molecule has 2 saturated heterocycles. The first-order valence-electron chi connectivity index (χ1n) is 9.59. The van der Waals surface area contributed by atoms with Crippen LogP contribution < -0.4 is 4.74 Å². The van der Waals surface area contributed by atoms with Crippen LogP contribution in [0.15, 0.2) is 36.9 Å². The van der Waals surface area contributed by atoms with Crippen LogP contribution in [0.4, 0.5) is 0 Å². The van der Waals surface area contributed by atoms with E-state index in [0.717, 1.165) is 5.56 Å². The van der Waals surface area contributed by atoms with Gasteiger partial charge >= 0.3 is 0 Å². The van der Waals surface area contributed by atoms with Crippen molar-refractivity contribution in [2.45, 2.75) is 55.1 Å². The molecule has 30 heavy (non-hydrogen) atoms. The van der Waals surface area contributed by atoms with Gasteiger partial charge in [0.25, 0.3) is 0 Å². The van der Waals surface area contributed by atoms with Gasteiger partial charge in [0.05, 0.1) is 19.8 Å². The van der Waals surface area contributed by atoms with E-state index in [2.05, 4.69) is 6.58 Å². The zero-order chi connectivity index (χ0) is 21.9. The number of hydrogen-bond donors (Lipinski definition) is 6. The molecule has 2 aliphatic heterocycles. The summed E-state index contributed by atoms with van der Waals surface area (Å²) >= 11 is 0. The van der Waals surface area contributed by atoms with Crippen LogP contribution in [0.25, 0.3) is 0 Å². The molecular formula is C20H28O10. The predicted octanol–water partition coefficient (Wildman–Crippen LogP) is -1.94. The molecule has 0 aromatic heterocycles. The zero-order valence-corrected chi connectivity index (χ0v) is 16.3. The number of allylic oxidation sites excluding steroid dienone is 1. The van der Waals surface area contributed by atoms with Crippen molar-refractivity contribution in [2.75, 3.05) is 19.8 Å². The van der Waals surface area contributed by atoms with E-state index in [9.17, 15) is 25.5 Å². The summed E-state index contributed by atoms with van der Waals surface area (Å²) in [5, 5.41) is 59.7. The van der Waals surface area contributed by atoms with E-state index in [-0.39, 0.29) is 13.2 Å². The van der Waals surface area contributed by atoms with Crippen molar-refractivity contribution in [2.24, 2.45) is 0 Å². The summed E-state index contributed by atoms with van der Waals surface area (Å²) in [6, 6.07) is 6.99. The molecule has 0 saturated carbocycles. The highest BCUT2D eigenvalue weighted by Crippen LogP contribution is 2.28. The first-order chi connectivity index (χ1) is 14.3. The molecule has 1 aromatic rings. The van der Waals surface area contributed by atoms with Gasteiger partial charge in [-0.2, -0.15) is 0 Å². The quantitative estimate of drug-likeness (QED) is 0.257. The van der Waals surface area contributed by atoms with Crippen LogP contribution in [0.2, 0.25) is 0 Å². The lowest BCUT2D eigenvalue weighted by Gasteiger charge is -2.40. The van der Waals surface area contributed by atoms with Gasteiger partial charge in [-0.25, -0.2) is 0 Å². The Bertz CT molecular complexity index is 697. The molecule has 2 fully saturated rings. The van der Waals surface area contributed by atoms with Gasteiger partial charge in [0.2, 0.25) is 6.29 Å². The summed E-state index contributed by atoms with van der Waals surface area (Å²) < 4.78 is 21.7. The molecule has 2 aliphatic rings. The van der Waals surface area contributed by atoms with Gasteiger partial charge in [-0.1, -0.05) is 18.2 Å². The number of hydrogen-bond acceptors (Lipinski definition) is 10. The van der Waals surface area contributed by atoms with Crippen LogP contribution in [0.1, 0.15) is 5.56 Å². The molecule has 2 heterocycles. The third-order valence-corrected chi connectivity index (χ3v) is 5.23. The Morgan fingerprint density at radius 1 is 1.07 bits per heavy atom. The van der Waals surface area contributed by atoms with E-state index >= 15 is 0 Å². The Labute approximate surface area is 173 Å². The largest absolute Gasteiger partial charge is 0.462 e. The first-order valence-corrected chi connectivity index (χ1v) is 9.59. The lowest BCUT2D eigenvalue weighted by atomic mass is 9.99. The van der Waals surface area contributed by atoms with Crippen LogP contribution in [-0.2, 0) is 20.6 Å².